The van der Waals surface area contributed by atoms with E-state index in [-0.39, 0.29) is 22.7 Å². The fraction of sp³-hybridized carbons (Fsp3) is 0.471. The van der Waals surface area contributed by atoms with E-state index in [1.807, 2.05) is 35.9 Å². The Bertz CT molecular complexity index is 833. The number of thioether (sulfide) groups is 1. The molecule has 2 fully saturated rings. The molecule has 2 aromatic rings. The third-order valence-corrected chi connectivity index (χ3v) is 6.42. The molecule has 4 heterocycles. The minimum atomic E-state index is -0.367. The summed E-state index contributed by atoms with van der Waals surface area (Å²) in [5, 5.41) is 2.95. The SMILES string of the molecule is Cc1cccn2cc(CNC(=O)[C@H]3CS[C@]4(C)CCC(=O)N34)nc12. The average molecular weight is 344 g/mol. The van der Waals surface area contributed by atoms with E-state index in [1.165, 1.54) is 0 Å². The van der Waals surface area contributed by atoms with Crippen molar-refractivity contribution in [2.24, 2.45) is 0 Å². The summed E-state index contributed by atoms with van der Waals surface area (Å²) in [5.41, 5.74) is 2.82. The monoisotopic (exact) mass is 344 g/mol. The number of hydrogen-bond donors (Lipinski definition) is 1. The number of nitrogens with one attached hydrogen (secondary N) is 1. The number of carbonyl (C=O) groups is 2. The highest BCUT2D eigenvalue weighted by Crippen LogP contribution is 2.47. The molecule has 0 bridgehead atoms. The Morgan fingerprint density at radius 3 is 3.17 bits per heavy atom. The minimum absolute atomic E-state index is 0.0877. The van der Waals surface area contributed by atoms with Crippen LogP contribution in [0.4, 0.5) is 0 Å². The van der Waals surface area contributed by atoms with E-state index in [1.54, 1.807) is 16.7 Å². The van der Waals surface area contributed by atoms with Gasteiger partial charge in [-0.2, -0.15) is 0 Å². The lowest BCUT2D eigenvalue weighted by Gasteiger charge is -2.29. The number of hydrogen-bond acceptors (Lipinski definition) is 4. The fourth-order valence-corrected chi connectivity index (χ4v) is 5.03. The highest BCUT2D eigenvalue weighted by molar-refractivity contribution is 8.01. The molecule has 126 valence electrons. The predicted octanol–water partition coefficient (Wildman–Crippen LogP) is 1.71. The van der Waals surface area contributed by atoms with Crippen LogP contribution < -0.4 is 5.32 Å². The summed E-state index contributed by atoms with van der Waals surface area (Å²) in [6, 6.07) is 3.62. The van der Waals surface area contributed by atoms with Crippen molar-refractivity contribution >= 4 is 29.2 Å². The molecule has 0 aliphatic carbocycles. The summed E-state index contributed by atoms with van der Waals surface area (Å²) < 4.78 is 1.96. The maximum absolute atomic E-state index is 12.6. The number of amides is 2. The molecule has 2 atom stereocenters. The molecule has 4 rings (SSSR count). The molecule has 7 heteroatoms. The Morgan fingerprint density at radius 1 is 1.54 bits per heavy atom. The number of nitrogens with zero attached hydrogens (tertiary/aromatic N) is 3. The standard InChI is InChI=1S/C17H20N4O2S/c1-11-4-3-7-20-9-12(19-15(11)20)8-18-16(23)13-10-24-17(2)6-5-14(22)21(13)17/h3-4,7,9,13H,5-6,8,10H2,1-2H3,(H,18,23)/t13-,17-/m1/s1. The zero-order chi connectivity index (χ0) is 16.9. The van der Waals surface area contributed by atoms with Crippen molar-refractivity contribution in [3.8, 4) is 0 Å². The first-order valence-electron chi connectivity index (χ1n) is 8.15. The molecule has 0 radical (unpaired) electrons. The van der Waals surface area contributed by atoms with Crippen LogP contribution in [-0.2, 0) is 16.1 Å². The van der Waals surface area contributed by atoms with Crippen LogP contribution >= 0.6 is 11.8 Å². The van der Waals surface area contributed by atoms with Crippen molar-refractivity contribution in [1.82, 2.24) is 19.6 Å². The smallest absolute Gasteiger partial charge is 0.244 e. The van der Waals surface area contributed by atoms with E-state index in [0.29, 0.717) is 18.7 Å². The summed E-state index contributed by atoms with van der Waals surface area (Å²) in [6.07, 6.45) is 5.24. The van der Waals surface area contributed by atoms with E-state index in [9.17, 15) is 9.59 Å². The Kier molecular flexibility index (Phi) is 3.56. The number of fused-ring (bicyclic) bond motifs is 2. The fourth-order valence-electron chi connectivity index (χ4n) is 3.60. The maximum Gasteiger partial charge on any atom is 0.244 e. The van der Waals surface area contributed by atoms with E-state index in [4.69, 9.17) is 0 Å². The molecule has 0 spiro atoms. The van der Waals surface area contributed by atoms with Gasteiger partial charge >= 0.3 is 0 Å². The van der Waals surface area contributed by atoms with Gasteiger partial charge in [0.25, 0.3) is 0 Å². The highest BCUT2D eigenvalue weighted by Gasteiger charge is 2.52. The Hall–Kier alpha value is -2.02. The van der Waals surface area contributed by atoms with Crippen molar-refractivity contribution in [2.45, 2.75) is 44.1 Å². The first-order valence-corrected chi connectivity index (χ1v) is 9.13. The summed E-state index contributed by atoms with van der Waals surface area (Å²) in [4.78, 5) is 30.8. The second-order valence-electron chi connectivity index (χ2n) is 6.64. The zero-order valence-electron chi connectivity index (χ0n) is 13.8. The molecule has 2 saturated heterocycles. The number of imidazole rings is 1. The first kappa shape index (κ1) is 15.5. The van der Waals surface area contributed by atoms with Gasteiger partial charge in [0.05, 0.1) is 17.1 Å². The van der Waals surface area contributed by atoms with Gasteiger partial charge in [-0.25, -0.2) is 4.98 Å². The van der Waals surface area contributed by atoms with Gasteiger partial charge in [0.2, 0.25) is 11.8 Å². The number of pyridine rings is 1. The van der Waals surface area contributed by atoms with Gasteiger partial charge in [-0.1, -0.05) is 6.07 Å². The van der Waals surface area contributed by atoms with Crippen LogP contribution in [0.3, 0.4) is 0 Å². The molecule has 2 amide bonds. The second kappa shape index (κ2) is 5.51. The van der Waals surface area contributed by atoms with Crippen LogP contribution in [0.1, 0.15) is 31.0 Å². The van der Waals surface area contributed by atoms with Gasteiger partial charge < -0.3 is 14.6 Å². The van der Waals surface area contributed by atoms with Gasteiger partial charge in [0.15, 0.2) is 0 Å². The minimum Gasteiger partial charge on any atom is -0.349 e. The van der Waals surface area contributed by atoms with E-state index in [2.05, 4.69) is 17.2 Å². The number of aromatic nitrogens is 2. The second-order valence-corrected chi connectivity index (χ2v) is 8.14. The van der Waals surface area contributed by atoms with E-state index in [0.717, 1.165) is 23.3 Å². The quantitative estimate of drug-likeness (QED) is 0.921. The van der Waals surface area contributed by atoms with Crippen molar-refractivity contribution in [2.75, 3.05) is 5.75 Å². The lowest BCUT2D eigenvalue weighted by atomic mass is 10.2. The normalized spacial score (nSPS) is 26.2. The molecule has 6 nitrogen and oxygen atoms in total. The van der Waals surface area contributed by atoms with Crippen LogP contribution in [0.5, 0.6) is 0 Å². The molecular weight excluding hydrogens is 324 g/mol. The molecular formula is C17H20N4O2S. The van der Waals surface area contributed by atoms with Gasteiger partial charge in [-0.3, -0.25) is 9.59 Å². The molecule has 1 N–H and O–H groups in total. The number of rotatable bonds is 3. The molecule has 2 aromatic heterocycles. The van der Waals surface area contributed by atoms with Crippen LogP contribution in [-0.4, -0.2) is 42.8 Å². The van der Waals surface area contributed by atoms with Crippen molar-refractivity contribution in [3.05, 3.63) is 35.8 Å². The molecule has 0 saturated carbocycles. The lowest BCUT2D eigenvalue weighted by molar-refractivity contribution is -0.138. The van der Waals surface area contributed by atoms with E-state index >= 15 is 0 Å². The summed E-state index contributed by atoms with van der Waals surface area (Å²) in [5.74, 6) is 0.666. The predicted molar refractivity (Wildman–Crippen MR) is 92.5 cm³/mol. The highest BCUT2D eigenvalue weighted by atomic mass is 32.2. The van der Waals surface area contributed by atoms with Gasteiger partial charge in [-0.15, -0.1) is 11.8 Å². The summed E-state index contributed by atoms with van der Waals surface area (Å²) in [7, 11) is 0. The molecule has 24 heavy (non-hydrogen) atoms. The maximum atomic E-state index is 12.6. The lowest BCUT2D eigenvalue weighted by Crippen LogP contribution is -2.49. The van der Waals surface area contributed by atoms with Gasteiger partial charge in [0, 0.05) is 24.6 Å². The molecule has 2 aliphatic rings. The largest absolute Gasteiger partial charge is 0.349 e. The van der Waals surface area contributed by atoms with Crippen LogP contribution in [0.2, 0.25) is 0 Å². The number of aryl methyl sites for hydroxylation is 1. The Labute approximate surface area is 144 Å². The molecule has 0 unspecified atom stereocenters. The third kappa shape index (κ3) is 2.38. The van der Waals surface area contributed by atoms with Gasteiger partial charge in [-0.05, 0) is 31.9 Å². The molecule has 2 aliphatic heterocycles. The van der Waals surface area contributed by atoms with Crippen LogP contribution in [0.25, 0.3) is 5.65 Å². The summed E-state index contributed by atoms with van der Waals surface area (Å²) >= 11 is 1.71. The van der Waals surface area contributed by atoms with Crippen LogP contribution in [0, 0.1) is 6.92 Å². The number of carbonyl (C=O) groups excluding carboxylic acids is 2. The summed E-state index contributed by atoms with van der Waals surface area (Å²) in [6.45, 7) is 4.45. The van der Waals surface area contributed by atoms with E-state index < -0.39 is 0 Å². The zero-order valence-corrected chi connectivity index (χ0v) is 14.6. The van der Waals surface area contributed by atoms with Crippen molar-refractivity contribution < 1.29 is 9.59 Å². The third-order valence-electron chi connectivity index (χ3n) is 4.92. The topological polar surface area (TPSA) is 66.7 Å². The molecule has 0 aromatic carbocycles. The Morgan fingerprint density at radius 2 is 2.38 bits per heavy atom. The van der Waals surface area contributed by atoms with Crippen molar-refractivity contribution in [1.29, 1.82) is 0 Å². The van der Waals surface area contributed by atoms with Crippen molar-refractivity contribution in [3.63, 3.8) is 0 Å². The van der Waals surface area contributed by atoms with Crippen LogP contribution in [0.15, 0.2) is 24.5 Å². The Balaban J connectivity index is 1.46. The average Bonchev–Trinajstić information content (AvgIpc) is 3.20. The van der Waals surface area contributed by atoms with Gasteiger partial charge in [0.1, 0.15) is 11.7 Å². The first-order chi connectivity index (χ1) is 11.5.